The van der Waals surface area contributed by atoms with Gasteiger partial charge in [-0.1, -0.05) is 36.4 Å². The summed E-state index contributed by atoms with van der Waals surface area (Å²) in [7, 11) is 1.32. The Balaban J connectivity index is 1.61. The predicted molar refractivity (Wildman–Crippen MR) is 98.4 cm³/mol. The Morgan fingerprint density at radius 1 is 1.04 bits per heavy atom. The molecule has 0 N–H and O–H groups in total. The van der Waals surface area contributed by atoms with Crippen molar-refractivity contribution in [1.29, 1.82) is 0 Å². The topological polar surface area (TPSA) is 65.5 Å². The van der Waals surface area contributed by atoms with Gasteiger partial charge in [0, 0.05) is 11.5 Å². The molecule has 0 amide bonds. The third-order valence-corrected chi connectivity index (χ3v) is 3.74. The molecular formula is C21H17NO4. The van der Waals surface area contributed by atoms with Crippen LogP contribution in [0.1, 0.15) is 21.6 Å². The molecule has 130 valence electrons. The molecular weight excluding hydrogens is 330 g/mol. The monoisotopic (exact) mass is 347 g/mol. The van der Waals surface area contributed by atoms with Crippen LogP contribution in [-0.2, 0) is 20.9 Å². The first-order valence-corrected chi connectivity index (χ1v) is 8.03. The standard InChI is InChI=1S/C21H17NO4/c1-25-21(24)17-7-4-5-15(13-17)14-26-20(23)12-11-18-10-9-16-6-2-3-8-19(16)22-18/h2-13H,14H2,1H3. The molecule has 5 heteroatoms. The number of rotatable bonds is 5. The second-order valence-corrected chi connectivity index (χ2v) is 5.56. The zero-order valence-corrected chi connectivity index (χ0v) is 14.2. The van der Waals surface area contributed by atoms with E-state index in [2.05, 4.69) is 9.72 Å². The van der Waals surface area contributed by atoms with Crippen molar-refractivity contribution >= 4 is 28.9 Å². The first-order chi connectivity index (χ1) is 12.7. The fourth-order valence-electron chi connectivity index (χ4n) is 2.44. The average molecular weight is 347 g/mol. The molecule has 1 heterocycles. The second-order valence-electron chi connectivity index (χ2n) is 5.56. The molecule has 26 heavy (non-hydrogen) atoms. The van der Waals surface area contributed by atoms with Gasteiger partial charge in [-0.2, -0.15) is 0 Å². The summed E-state index contributed by atoms with van der Waals surface area (Å²) >= 11 is 0. The van der Waals surface area contributed by atoms with Crippen LogP contribution >= 0.6 is 0 Å². The molecule has 3 rings (SSSR count). The molecule has 5 nitrogen and oxygen atoms in total. The summed E-state index contributed by atoms with van der Waals surface area (Å²) in [6, 6.07) is 18.3. The van der Waals surface area contributed by atoms with E-state index in [9.17, 15) is 9.59 Å². The van der Waals surface area contributed by atoms with E-state index in [1.165, 1.54) is 13.2 Å². The van der Waals surface area contributed by atoms with Crippen LogP contribution in [0.4, 0.5) is 0 Å². The first-order valence-electron chi connectivity index (χ1n) is 8.03. The van der Waals surface area contributed by atoms with Crippen molar-refractivity contribution in [2.24, 2.45) is 0 Å². The van der Waals surface area contributed by atoms with E-state index in [1.807, 2.05) is 36.4 Å². The lowest BCUT2D eigenvalue weighted by atomic mass is 10.1. The number of benzene rings is 2. The van der Waals surface area contributed by atoms with Crippen molar-refractivity contribution in [2.75, 3.05) is 7.11 Å². The SMILES string of the molecule is COC(=O)c1cccc(COC(=O)C=Cc2ccc3ccccc3n2)c1. The van der Waals surface area contributed by atoms with Crippen LogP contribution in [-0.4, -0.2) is 24.0 Å². The molecule has 0 saturated carbocycles. The average Bonchev–Trinajstić information content (AvgIpc) is 2.70. The Hall–Kier alpha value is -3.47. The molecule has 0 atom stereocenters. The predicted octanol–water partition coefficient (Wildman–Crippen LogP) is 3.78. The van der Waals surface area contributed by atoms with Crippen molar-refractivity contribution in [3.8, 4) is 0 Å². The molecule has 0 aliphatic rings. The summed E-state index contributed by atoms with van der Waals surface area (Å²) in [6.07, 6.45) is 2.95. The minimum atomic E-state index is -0.483. The van der Waals surface area contributed by atoms with Crippen molar-refractivity contribution in [3.05, 3.63) is 83.6 Å². The number of hydrogen-bond donors (Lipinski definition) is 0. The van der Waals surface area contributed by atoms with Crippen molar-refractivity contribution in [2.45, 2.75) is 6.61 Å². The number of carbonyl (C=O) groups is 2. The quantitative estimate of drug-likeness (QED) is 0.519. The van der Waals surface area contributed by atoms with E-state index in [-0.39, 0.29) is 6.61 Å². The minimum absolute atomic E-state index is 0.0686. The molecule has 0 bridgehead atoms. The fourth-order valence-corrected chi connectivity index (χ4v) is 2.44. The Labute approximate surface area is 150 Å². The van der Waals surface area contributed by atoms with Gasteiger partial charge >= 0.3 is 11.9 Å². The van der Waals surface area contributed by atoms with Gasteiger partial charge in [-0.15, -0.1) is 0 Å². The van der Waals surface area contributed by atoms with Crippen LogP contribution < -0.4 is 0 Å². The molecule has 1 aromatic heterocycles. The third kappa shape index (κ3) is 4.33. The van der Waals surface area contributed by atoms with E-state index in [0.717, 1.165) is 10.9 Å². The summed E-state index contributed by atoms with van der Waals surface area (Å²) in [5.41, 5.74) is 2.66. The van der Waals surface area contributed by atoms with Gasteiger partial charge in [0.05, 0.1) is 23.9 Å². The maximum absolute atomic E-state index is 11.9. The summed E-state index contributed by atoms with van der Waals surface area (Å²) in [4.78, 5) is 27.9. The Kier molecular flexibility index (Phi) is 5.39. The number of aromatic nitrogens is 1. The molecule has 0 aliphatic carbocycles. The van der Waals surface area contributed by atoms with Gasteiger partial charge in [0.25, 0.3) is 0 Å². The lowest BCUT2D eigenvalue weighted by Gasteiger charge is -2.04. The zero-order valence-electron chi connectivity index (χ0n) is 14.2. The number of para-hydroxylation sites is 1. The van der Waals surface area contributed by atoms with Crippen molar-refractivity contribution in [1.82, 2.24) is 4.98 Å². The number of hydrogen-bond acceptors (Lipinski definition) is 5. The van der Waals surface area contributed by atoms with Gasteiger partial charge in [0.15, 0.2) is 0 Å². The number of carbonyl (C=O) groups excluding carboxylic acids is 2. The Morgan fingerprint density at radius 3 is 2.73 bits per heavy atom. The van der Waals surface area contributed by atoms with Gasteiger partial charge in [-0.25, -0.2) is 14.6 Å². The summed E-state index contributed by atoms with van der Waals surface area (Å²) in [6.45, 7) is 0.0686. The minimum Gasteiger partial charge on any atom is -0.465 e. The molecule has 0 radical (unpaired) electrons. The Morgan fingerprint density at radius 2 is 1.88 bits per heavy atom. The Bertz CT molecular complexity index is 978. The van der Waals surface area contributed by atoms with Crippen LogP contribution in [0, 0.1) is 0 Å². The summed E-state index contributed by atoms with van der Waals surface area (Å²) < 4.78 is 9.87. The second kappa shape index (κ2) is 8.07. The smallest absolute Gasteiger partial charge is 0.337 e. The number of esters is 2. The molecule has 0 unspecified atom stereocenters. The van der Waals surface area contributed by atoms with E-state index in [1.54, 1.807) is 30.3 Å². The molecule has 2 aromatic carbocycles. The van der Waals surface area contributed by atoms with E-state index < -0.39 is 11.9 Å². The van der Waals surface area contributed by atoms with E-state index in [0.29, 0.717) is 16.8 Å². The lowest BCUT2D eigenvalue weighted by Crippen LogP contribution is -2.04. The molecule has 0 spiro atoms. The van der Waals surface area contributed by atoms with Crippen molar-refractivity contribution in [3.63, 3.8) is 0 Å². The molecule has 0 saturated heterocycles. The van der Waals surface area contributed by atoms with Crippen LogP contribution in [0.5, 0.6) is 0 Å². The van der Waals surface area contributed by atoms with Gasteiger partial charge in [0.2, 0.25) is 0 Å². The molecule has 0 fully saturated rings. The van der Waals surface area contributed by atoms with Gasteiger partial charge < -0.3 is 9.47 Å². The maximum Gasteiger partial charge on any atom is 0.337 e. The highest BCUT2D eigenvalue weighted by molar-refractivity contribution is 5.89. The van der Waals surface area contributed by atoms with Gasteiger partial charge in [-0.3, -0.25) is 0 Å². The third-order valence-electron chi connectivity index (χ3n) is 3.74. The number of pyridine rings is 1. The summed E-state index contributed by atoms with van der Waals surface area (Å²) in [5.74, 6) is -0.913. The number of fused-ring (bicyclic) bond motifs is 1. The maximum atomic E-state index is 11.9. The first kappa shape index (κ1) is 17.4. The highest BCUT2D eigenvalue weighted by Gasteiger charge is 2.06. The number of ether oxygens (including phenoxy) is 2. The van der Waals surface area contributed by atoms with Gasteiger partial charge in [-0.05, 0) is 35.9 Å². The highest BCUT2D eigenvalue weighted by Crippen LogP contribution is 2.13. The summed E-state index contributed by atoms with van der Waals surface area (Å²) in [5, 5.41) is 1.04. The normalized spacial score (nSPS) is 10.8. The van der Waals surface area contributed by atoms with Crippen LogP contribution in [0.25, 0.3) is 17.0 Å². The largest absolute Gasteiger partial charge is 0.465 e. The molecule has 3 aromatic rings. The van der Waals surface area contributed by atoms with Crippen molar-refractivity contribution < 1.29 is 19.1 Å². The number of methoxy groups -OCH3 is 1. The van der Waals surface area contributed by atoms with Crippen LogP contribution in [0.15, 0.2) is 66.7 Å². The van der Waals surface area contributed by atoms with Crippen LogP contribution in [0.2, 0.25) is 0 Å². The fraction of sp³-hybridized carbons (Fsp3) is 0.0952. The molecule has 0 aliphatic heterocycles. The van der Waals surface area contributed by atoms with Crippen LogP contribution in [0.3, 0.4) is 0 Å². The lowest BCUT2D eigenvalue weighted by molar-refractivity contribution is -0.138. The van der Waals surface area contributed by atoms with E-state index in [4.69, 9.17) is 4.74 Å². The number of nitrogens with zero attached hydrogens (tertiary/aromatic N) is 1. The highest BCUT2D eigenvalue weighted by atomic mass is 16.5. The van der Waals surface area contributed by atoms with Gasteiger partial charge in [0.1, 0.15) is 6.61 Å². The van der Waals surface area contributed by atoms with E-state index >= 15 is 0 Å². The zero-order chi connectivity index (χ0) is 18.4.